The lowest BCUT2D eigenvalue weighted by molar-refractivity contribution is -0.151. The van der Waals surface area contributed by atoms with E-state index in [2.05, 4.69) is 10.6 Å². The molecule has 1 spiro atoms. The van der Waals surface area contributed by atoms with E-state index in [1.807, 2.05) is 37.3 Å². The van der Waals surface area contributed by atoms with E-state index >= 15 is 0 Å². The van der Waals surface area contributed by atoms with Gasteiger partial charge < -0.3 is 15.4 Å². The Kier molecular flexibility index (Phi) is 5.96. The van der Waals surface area contributed by atoms with E-state index in [4.69, 9.17) is 4.74 Å². The number of urea groups is 1. The Labute approximate surface area is 163 Å². The monoisotopic (exact) mass is 387 g/mol. The molecular weight excluding hydrogens is 362 g/mol. The van der Waals surface area contributed by atoms with E-state index in [0.29, 0.717) is 12.8 Å². The minimum absolute atomic E-state index is 0.232. The van der Waals surface area contributed by atoms with Gasteiger partial charge >= 0.3 is 12.0 Å². The van der Waals surface area contributed by atoms with Crippen LogP contribution in [0.4, 0.5) is 4.79 Å². The molecule has 1 saturated heterocycles. The average molecular weight is 387 g/mol. The van der Waals surface area contributed by atoms with E-state index in [1.54, 1.807) is 0 Å². The normalized spacial score (nSPS) is 19.2. The highest BCUT2D eigenvalue weighted by Gasteiger charge is 2.51. The van der Waals surface area contributed by atoms with Gasteiger partial charge in [0.05, 0.1) is 6.04 Å². The summed E-state index contributed by atoms with van der Waals surface area (Å²) < 4.78 is 4.95. The van der Waals surface area contributed by atoms with Crippen molar-refractivity contribution in [3.05, 3.63) is 35.9 Å². The number of ether oxygens (including phenoxy) is 1. The Morgan fingerprint density at radius 3 is 2.54 bits per heavy atom. The second-order valence-electron chi connectivity index (χ2n) is 7.32. The highest BCUT2D eigenvalue weighted by molar-refractivity contribution is 6.08. The lowest BCUT2D eigenvalue weighted by Gasteiger charge is -2.30. The minimum atomic E-state index is -0.877. The predicted octanol–water partition coefficient (Wildman–Crippen LogP) is 1.66. The highest BCUT2D eigenvalue weighted by Crippen LogP contribution is 2.33. The molecule has 0 radical (unpaired) electrons. The Hall–Kier alpha value is -2.90. The molecule has 1 aliphatic carbocycles. The summed E-state index contributed by atoms with van der Waals surface area (Å²) in [4.78, 5) is 49.7. The summed E-state index contributed by atoms with van der Waals surface area (Å²) in [5, 5.41) is 5.47. The molecule has 1 aromatic rings. The molecule has 2 N–H and O–H groups in total. The largest absolute Gasteiger partial charge is 0.454 e. The van der Waals surface area contributed by atoms with Crippen LogP contribution in [0.2, 0.25) is 0 Å². The first-order valence-electron chi connectivity index (χ1n) is 9.55. The number of benzene rings is 1. The van der Waals surface area contributed by atoms with Gasteiger partial charge in [0, 0.05) is 0 Å². The van der Waals surface area contributed by atoms with Crippen LogP contribution in [0.5, 0.6) is 0 Å². The van der Waals surface area contributed by atoms with Gasteiger partial charge in [-0.3, -0.25) is 19.3 Å². The van der Waals surface area contributed by atoms with Crippen LogP contribution in [-0.4, -0.2) is 47.4 Å². The molecule has 0 unspecified atom stereocenters. The van der Waals surface area contributed by atoms with Crippen molar-refractivity contribution in [2.75, 3.05) is 13.2 Å². The molecule has 2 fully saturated rings. The van der Waals surface area contributed by atoms with E-state index in [0.717, 1.165) is 29.7 Å². The zero-order chi connectivity index (χ0) is 20.1. The first kappa shape index (κ1) is 19.9. The average Bonchev–Trinajstić information content (AvgIpc) is 2.91. The SMILES string of the molecule is C[C@@H](NC(=O)COC(=O)CN1C(=O)NC2(CCCCC2)C1=O)c1ccccc1. The first-order chi connectivity index (χ1) is 13.4. The van der Waals surface area contributed by atoms with Crippen molar-refractivity contribution in [3.63, 3.8) is 0 Å². The summed E-state index contributed by atoms with van der Waals surface area (Å²) in [5.41, 5.74) is 0.0530. The smallest absolute Gasteiger partial charge is 0.326 e. The molecule has 0 aromatic heterocycles. The quantitative estimate of drug-likeness (QED) is 0.571. The lowest BCUT2D eigenvalue weighted by Crippen LogP contribution is -2.48. The fraction of sp³-hybridized carbons (Fsp3) is 0.500. The summed E-state index contributed by atoms with van der Waals surface area (Å²) in [5.74, 6) is -1.62. The van der Waals surface area contributed by atoms with Gasteiger partial charge in [-0.05, 0) is 25.3 Å². The number of carbonyl (C=O) groups excluding carboxylic acids is 4. The number of imide groups is 1. The second-order valence-corrected chi connectivity index (χ2v) is 7.32. The van der Waals surface area contributed by atoms with Gasteiger partial charge in [-0.15, -0.1) is 0 Å². The topological polar surface area (TPSA) is 105 Å². The number of nitrogens with zero attached hydrogens (tertiary/aromatic N) is 1. The Morgan fingerprint density at radius 2 is 1.86 bits per heavy atom. The van der Waals surface area contributed by atoms with Crippen LogP contribution in [0.25, 0.3) is 0 Å². The van der Waals surface area contributed by atoms with Crippen LogP contribution in [0.15, 0.2) is 30.3 Å². The third-order valence-electron chi connectivity index (χ3n) is 5.28. The zero-order valence-electron chi connectivity index (χ0n) is 15.9. The molecule has 1 atom stereocenters. The molecule has 3 rings (SSSR count). The third kappa shape index (κ3) is 4.32. The number of amides is 4. The van der Waals surface area contributed by atoms with Crippen LogP contribution >= 0.6 is 0 Å². The molecule has 1 saturated carbocycles. The zero-order valence-corrected chi connectivity index (χ0v) is 15.9. The van der Waals surface area contributed by atoms with Crippen LogP contribution in [0.1, 0.15) is 50.6 Å². The standard InChI is InChI=1S/C20H25N3O5/c1-14(15-8-4-2-5-9-15)21-16(24)13-28-17(25)12-23-18(26)20(22-19(23)27)10-6-3-7-11-20/h2,4-5,8-9,14H,3,6-7,10-13H2,1H3,(H,21,24)(H,22,27)/t14-/m1/s1. The molecule has 1 aliphatic heterocycles. The van der Waals surface area contributed by atoms with Gasteiger partial charge in [0.1, 0.15) is 12.1 Å². The van der Waals surface area contributed by atoms with Crippen LogP contribution in [0, 0.1) is 0 Å². The number of rotatable bonds is 6. The van der Waals surface area contributed by atoms with Gasteiger partial charge in [-0.2, -0.15) is 0 Å². The molecule has 28 heavy (non-hydrogen) atoms. The summed E-state index contributed by atoms with van der Waals surface area (Å²) in [6.07, 6.45) is 3.93. The van der Waals surface area contributed by atoms with Gasteiger partial charge in [-0.25, -0.2) is 4.79 Å². The van der Waals surface area contributed by atoms with Crippen LogP contribution in [0.3, 0.4) is 0 Å². The van der Waals surface area contributed by atoms with E-state index in [9.17, 15) is 19.2 Å². The van der Waals surface area contributed by atoms with Gasteiger partial charge in [0.2, 0.25) is 0 Å². The molecule has 150 valence electrons. The molecule has 8 heteroatoms. The van der Waals surface area contributed by atoms with E-state index in [1.165, 1.54) is 0 Å². The molecule has 4 amide bonds. The minimum Gasteiger partial charge on any atom is -0.454 e. The molecule has 1 heterocycles. The Balaban J connectivity index is 1.47. The van der Waals surface area contributed by atoms with Gasteiger partial charge in [-0.1, -0.05) is 49.6 Å². The summed E-state index contributed by atoms with van der Waals surface area (Å²) in [7, 11) is 0. The van der Waals surface area contributed by atoms with Gasteiger partial charge in [0.15, 0.2) is 6.61 Å². The number of carbonyl (C=O) groups is 4. The number of hydrogen-bond acceptors (Lipinski definition) is 5. The molecule has 0 bridgehead atoms. The number of nitrogens with one attached hydrogen (secondary N) is 2. The van der Waals surface area contributed by atoms with Crippen molar-refractivity contribution in [2.45, 2.75) is 50.6 Å². The van der Waals surface area contributed by atoms with Gasteiger partial charge in [0.25, 0.3) is 11.8 Å². The molecular formula is C20H25N3O5. The molecule has 2 aliphatic rings. The van der Waals surface area contributed by atoms with Crippen molar-refractivity contribution in [3.8, 4) is 0 Å². The Bertz CT molecular complexity index is 758. The molecule has 8 nitrogen and oxygen atoms in total. The number of esters is 1. The maximum Gasteiger partial charge on any atom is 0.326 e. The third-order valence-corrected chi connectivity index (χ3v) is 5.28. The molecule has 1 aromatic carbocycles. The van der Waals surface area contributed by atoms with Crippen molar-refractivity contribution >= 4 is 23.8 Å². The predicted molar refractivity (Wildman–Crippen MR) is 100 cm³/mol. The van der Waals surface area contributed by atoms with Crippen LogP contribution in [-0.2, 0) is 19.1 Å². The van der Waals surface area contributed by atoms with E-state index < -0.39 is 36.6 Å². The van der Waals surface area contributed by atoms with Crippen LogP contribution < -0.4 is 10.6 Å². The summed E-state index contributed by atoms with van der Waals surface area (Å²) >= 11 is 0. The van der Waals surface area contributed by atoms with Crippen molar-refractivity contribution < 1.29 is 23.9 Å². The second kappa shape index (κ2) is 8.41. The highest BCUT2D eigenvalue weighted by atomic mass is 16.5. The summed E-state index contributed by atoms with van der Waals surface area (Å²) in [6.45, 7) is 0.866. The first-order valence-corrected chi connectivity index (χ1v) is 9.55. The fourth-order valence-corrected chi connectivity index (χ4v) is 3.74. The number of hydrogen-bond donors (Lipinski definition) is 2. The Morgan fingerprint density at radius 1 is 1.18 bits per heavy atom. The fourth-order valence-electron chi connectivity index (χ4n) is 3.74. The lowest BCUT2D eigenvalue weighted by atomic mass is 9.82. The maximum atomic E-state index is 12.6. The maximum absolute atomic E-state index is 12.6. The van der Waals surface area contributed by atoms with Crippen molar-refractivity contribution in [1.82, 2.24) is 15.5 Å². The summed E-state index contributed by atoms with van der Waals surface area (Å²) in [6, 6.07) is 8.58. The van der Waals surface area contributed by atoms with E-state index in [-0.39, 0.29) is 11.9 Å². The van der Waals surface area contributed by atoms with Crippen molar-refractivity contribution in [1.29, 1.82) is 0 Å². The van der Waals surface area contributed by atoms with Crippen molar-refractivity contribution in [2.24, 2.45) is 0 Å².